The van der Waals surface area contributed by atoms with Crippen molar-refractivity contribution in [3.05, 3.63) is 0 Å². The third kappa shape index (κ3) is 3.17. The van der Waals surface area contributed by atoms with Gasteiger partial charge in [0.2, 0.25) is 6.29 Å². The maximum atomic E-state index is 12.3. The molecule has 106 valence electrons. The first kappa shape index (κ1) is 14.1. The van der Waals surface area contributed by atoms with Crippen LogP contribution in [0.1, 0.15) is 32.1 Å². The largest absolute Gasteiger partial charge is 0.404 e. The van der Waals surface area contributed by atoms with Crippen molar-refractivity contribution in [1.82, 2.24) is 0 Å². The topological polar surface area (TPSA) is 69.9 Å². The predicted molar refractivity (Wildman–Crippen MR) is 58.7 cm³/mol. The summed E-state index contributed by atoms with van der Waals surface area (Å²) in [6, 6.07) is 0. The van der Waals surface area contributed by atoms with Crippen molar-refractivity contribution in [1.29, 1.82) is 0 Å². The summed E-state index contributed by atoms with van der Waals surface area (Å²) < 4.78 is 29.2. The molecule has 6 heteroatoms. The number of rotatable bonds is 4. The van der Waals surface area contributed by atoms with Gasteiger partial charge in [-0.05, 0) is 31.1 Å². The first-order valence-electron chi connectivity index (χ1n) is 6.46. The standard InChI is InChI=1S/C12H20F2O4/c13-12(14,17)11(16)18-6-9-5-7-2-1-3-8(4-7)10(9)15/h7-11,15-17H,1-6H2. The minimum Gasteiger partial charge on any atom is -0.392 e. The van der Waals surface area contributed by atoms with Crippen LogP contribution in [0, 0.1) is 17.8 Å². The fraction of sp³-hybridized carbons (Fsp3) is 1.00. The molecule has 0 amide bonds. The van der Waals surface area contributed by atoms with E-state index in [1.807, 2.05) is 0 Å². The fourth-order valence-electron chi connectivity index (χ4n) is 3.29. The highest BCUT2D eigenvalue weighted by Crippen LogP contribution is 2.42. The third-order valence-electron chi connectivity index (χ3n) is 4.19. The molecule has 4 nitrogen and oxygen atoms in total. The summed E-state index contributed by atoms with van der Waals surface area (Å²) >= 11 is 0. The van der Waals surface area contributed by atoms with E-state index in [0.717, 1.165) is 32.1 Å². The molecule has 0 radical (unpaired) electrons. The third-order valence-corrected chi connectivity index (χ3v) is 4.19. The van der Waals surface area contributed by atoms with Crippen molar-refractivity contribution in [3.8, 4) is 0 Å². The Morgan fingerprint density at radius 1 is 1.28 bits per heavy atom. The lowest BCUT2D eigenvalue weighted by Crippen LogP contribution is -2.44. The Morgan fingerprint density at radius 2 is 2.00 bits per heavy atom. The molecule has 5 unspecified atom stereocenters. The van der Waals surface area contributed by atoms with Gasteiger partial charge in [-0.1, -0.05) is 12.8 Å². The first-order chi connectivity index (χ1) is 8.38. The lowest BCUT2D eigenvalue weighted by molar-refractivity contribution is -0.334. The lowest BCUT2D eigenvalue weighted by atomic mass is 9.66. The molecule has 2 aliphatic carbocycles. The van der Waals surface area contributed by atoms with Gasteiger partial charge >= 0.3 is 6.11 Å². The van der Waals surface area contributed by atoms with Gasteiger partial charge in [-0.3, -0.25) is 0 Å². The Balaban J connectivity index is 1.85. The van der Waals surface area contributed by atoms with Crippen LogP contribution in [0.25, 0.3) is 0 Å². The Labute approximate surface area is 105 Å². The Hall–Kier alpha value is -0.300. The molecule has 0 heterocycles. The normalized spacial score (nSPS) is 38.5. The van der Waals surface area contributed by atoms with Crippen LogP contribution in [0.3, 0.4) is 0 Å². The average Bonchev–Trinajstić information content (AvgIpc) is 2.31. The van der Waals surface area contributed by atoms with Crippen molar-refractivity contribution in [2.24, 2.45) is 17.8 Å². The average molecular weight is 266 g/mol. The second-order valence-corrected chi connectivity index (χ2v) is 5.55. The molecule has 18 heavy (non-hydrogen) atoms. The van der Waals surface area contributed by atoms with Gasteiger partial charge in [0.1, 0.15) is 0 Å². The monoisotopic (exact) mass is 266 g/mol. The highest BCUT2D eigenvalue weighted by atomic mass is 19.3. The molecule has 2 fully saturated rings. The molecule has 0 aromatic heterocycles. The van der Waals surface area contributed by atoms with E-state index in [1.165, 1.54) is 0 Å². The lowest BCUT2D eigenvalue weighted by Gasteiger charge is -2.43. The second kappa shape index (κ2) is 5.36. The van der Waals surface area contributed by atoms with Gasteiger partial charge in [0.15, 0.2) is 0 Å². The number of hydrogen-bond acceptors (Lipinski definition) is 4. The van der Waals surface area contributed by atoms with Gasteiger partial charge in [-0.15, -0.1) is 0 Å². The van der Waals surface area contributed by atoms with E-state index < -0.39 is 18.5 Å². The van der Waals surface area contributed by atoms with Crippen LogP contribution in [0.4, 0.5) is 8.78 Å². The molecule has 2 rings (SSSR count). The van der Waals surface area contributed by atoms with Crippen molar-refractivity contribution in [2.75, 3.05) is 6.61 Å². The summed E-state index contributed by atoms with van der Waals surface area (Å²) in [6.45, 7) is -0.147. The highest BCUT2D eigenvalue weighted by Gasteiger charge is 2.41. The van der Waals surface area contributed by atoms with E-state index >= 15 is 0 Å². The minimum atomic E-state index is -4.25. The van der Waals surface area contributed by atoms with Crippen molar-refractivity contribution < 1.29 is 28.8 Å². The van der Waals surface area contributed by atoms with E-state index in [2.05, 4.69) is 4.74 Å². The fourth-order valence-corrected chi connectivity index (χ4v) is 3.29. The SMILES string of the molecule is OC1C2CCCC(C2)CC1COC(O)C(O)(F)F. The number of hydrogen-bond donors (Lipinski definition) is 3. The molecular weight excluding hydrogens is 246 g/mol. The van der Waals surface area contributed by atoms with Gasteiger partial charge in [0.25, 0.3) is 0 Å². The molecule has 5 atom stereocenters. The van der Waals surface area contributed by atoms with Crippen molar-refractivity contribution in [3.63, 3.8) is 0 Å². The van der Waals surface area contributed by atoms with Crippen molar-refractivity contribution >= 4 is 0 Å². The van der Waals surface area contributed by atoms with E-state index in [0.29, 0.717) is 5.92 Å². The van der Waals surface area contributed by atoms with Gasteiger partial charge in [0, 0.05) is 5.92 Å². The summed E-state index contributed by atoms with van der Waals surface area (Å²) in [6.07, 6.45) is -2.41. The number of aliphatic hydroxyl groups excluding tert-OH is 2. The summed E-state index contributed by atoms with van der Waals surface area (Å²) in [4.78, 5) is 0. The summed E-state index contributed by atoms with van der Waals surface area (Å²) in [5, 5.41) is 27.3. The number of fused-ring (bicyclic) bond motifs is 2. The van der Waals surface area contributed by atoms with Crippen LogP contribution in [0.5, 0.6) is 0 Å². The highest BCUT2D eigenvalue weighted by molar-refractivity contribution is 4.89. The quantitative estimate of drug-likeness (QED) is 0.666. The number of alkyl halides is 2. The first-order valence-corrected chi connectivity index (χ1v) is 6.46. The summed E-state index contributed by atoms with van der Waals surface area (Å²) in [7, 11) is 0. The predicted octanol–water partition coefficient (Wildman–Crippen LogP) is 1.09. The van der Waals surface area contributed by atoms with Gasteiger partial charge < -0.3 is 20.1 Å². The van der Waals surface area contributed by atoms with Crippen LogP contribution in [-0.4, -0.2) is 40.4 Å². The van der Waals surface area contributed by atoms with E-state index in [9.17, 15) is 13.9 Å². The number of ether oxygens (including phenoxy) is 1. The zero-order valence-corrected chi connectivity index (χ0v) is 10.1. The molecule has 2 saturated carbocycles. The molecule has 0 aromatic rings. The van der Waals surface area contributed by atoms with Crippen LogP contribution < -0.4 is 0 Å². The molecule has 3 N–H and O–H groups in total. The molecule has 2 bridgehead atoms. The Kier molecular flexibility index (Phi) is 4.21. The zero-order chi connectivity index (χ0) is 13.3. The van der Waals surface area contributed by atoms with E-state index in [4.69, 9.17) is 10.2 Å². The van der Waals surface area contributed by atoms with Crippen LogP contribution >= 0.6 is 0 Å². The molecule has 0 aromatic carbocycles. The summed E-state index contributed by atoms with van der Waals surface area (Å²) in [5.41, 5.74) is 0. The molecular formula is C12H20F2O4. The van der Waals surface area contributed by atoms with Gasteiger partial charge in [-0.25, -0.2) is 0 Å². The van der Waals surface area contributed by atoms with E-state index in [1.54, 1.807) is 0 Å². The maximum absolute atomic E-state index is 12.3. The molecule has 0 saturated heterocycles. The van der Waals surface area contributed by atoms with Crippen LogP contribution in [-0.2, 0) is 4.74 Å². The molecule has 2 aliphatic rings. The van der Waals surface area contributed by atoms with Crippen LogP contribution in [0.15, 0.2) is 0 Å². The number of halogens is 2. The zero-order valence-electron chi connectivity index (χ0n) is 10.1. The summed E-state index contributed by atoms with van der Waals surface area (Å²) in [5.74, 6) is 0.511. The smallest absolute Gasteiger partial charge is 0.392 e. The Morgan fingerprint density at radius 3 is 2.67 bits per heavy atom. The number of aliphatic hydroxyl groups is 3. The Bertz CT molecular complexity index is 282. The molecule has 0 spiro atoms. The van der Waals surface area contributed by atoms with Gasteiger partial charge in [-0.2, -0.15) is 8.78 Å². The molecule has 0 aliphatic heterocycles. The van der Waals surface area contributed by atoms with Crippen LogP contribution in [0.2, 0.25) is 0 Å². The van der Waals surface area contributed by atoms with Crippen molar-refractivity contribution in [2.45, 2.75) is 50.6 Å². The maximum Gasteiger partial charge on any atom is 0.404 e. The minimum absolute atomic E-state index is 0.147. The second-order valence-electron chi connectivity index (χ2n) is 5.55. The van der Waals surface area contributed by atoms with Gasteiger partial charge in [0.05, 0.1) is 12.7 Å². The van der Waals surface area contributed by atoms with E-state index in [-0.39, 0.29) is 18.4 Å².